The summed E-state index contributed by atoms with van der Waals surface area (Å²) in [5, 5.41) is 18.9. The number of carboxylic acid groups (broad SMARTS) is 1. The Morgan fingerprint density at radius 2 is 2.09 bits per heavy atom. The third-order valence-electron chi connectivity index (χ3n) is 5.38. The van der Waals surface area contributed by atoms with E-state index in [-0.39, 0.29) is 24.5 Å². The summed E-state index contributed by atoms with van der Waals surface area (Å²) < 4.78 is 11.2. The van der Waals surface area contributed by atoms with Gasteiger partial charge in [0.1, 0.15) is 6.23 Å². The van der Waals surface area contributed by atoms with Gasteiger partial charge in [-0.05, 0) is 6.42 Å². The first kappa shape index (κ1) is 15.4. The van der Waals surface area contributed by atoms with Crippen LogP contribution in [0.4, 0.5) is 0 Å². The molecule has 128 valence electrons. The van der Waals surface area contributed by atoms with Crippen molar-refractivity contribution >= 4 is 11.8 Å². The summed E-state index contributed by atoms with van der Waals surface area (Å²) in [6.45, 7) is 1.94. The molecule has 23 heavy (non-hydrogen) atoms. The molecule has 0 bridgehead atoms. The van der Waals surface area contributed by atoms with Crippen LogP contribution in [0.5, 0.6) is 0 Å². The molecule has 0 amide bonds. The van der Waals surface area contributed by atoms with Crippen molar-refractivity contribution in [2.45, 2.75) is 37.1 Å². The number of ketones is 1. The van der Waals surface area contributed by atoms with Crippen molar-refractivity contribution in [1.82, 2.24) is 16.0 Å². The van der Waals surface area contributed by atoms with Gasteiger partial charge in [0.05, 0.1) is 49.5 Å². The van der Waals surface area contributed by atoms with Crippen LogP contribution in [0.15, 0.2) is 0 Å². The van der Waals surface area contributed by atoms with Gasteiger partial charge in [0.2, 0.25) is 0 Å². The molecule has 0 saturated carbocycles. The lowest BCUT2D eigenvalue weighted by Gasteiger charge is -2.50. The maximum Gasteiger partial charge on any atom is 0.309 e. The van der Waals surface area contributed by atoms with Crippen molar-refractivity contribution in [2.75, 3.05) is 19.8 Å². The molecule has 4 aliphatic heterocycles. The first-order valence-corrected chi connectivity index (χ1v) is 8.05. The van der Waals surface area contributed by atoms with Gasteiger partial charge in [0.25, 0.3) is 0 Å². The van der Waals surface area contributed by atoms with Crippen molar-refractivity contribution in [2.24, 2.45) is 23.5 Å². The van der Waals surface area contributed by atoms with E-state index >= 15 is 0 Å². The highest BCUT2D eigenvalue weighted by molar-refractivity contribution is 5.89. The number of carbonyl (C=O) groups excluding carboxylic acids is 1. The molecule has 4 rings (SSSR count). The predicted molar refractivity (Wildman–Crippen MR) is 77.0 cm³/mol. The summed E-state index contributed by atoms with van der Waals surface area (Å²) >= 11 is 0. The fourth-order valence-corrected chi connectivity index (χ4v) is 3.90. The lowest BCUT2D eigenvalue weighted by Crippen LogP contribution is -2.74. The van der Waals surface area contributed by atoms with Crippen molar-refractivity contribution in [1.29, 1.82) is 0 Å². The smallest absolute Gasteiger partial charge is 0.309 e. The molecule has 7 unspecified atom stereocenters. The monoisotopic (exact) mass is 326 g/mol. The van der Waals surface area contributed by atoms with Gasteiger partial charge in [-0.2, -0.15) is 0 Å². The summed E-state index contributed by atoms with van der Waals surface area (Å²) in [7, 11) is 0. The molecule has 7 atom stereocenters. The molecule has 4 heterocycles. The van der Waals surface area contributed by atoms with E-state index in [0.29, 0.717) is 25.7 Å². The zero-order chi connectivity index (χ0) is 16.1. The minimum Gasteiger partial charge on any atom is -0.481 e. The van der Waals surface area contributed by atoms with E-state index in [9.17, 15) is 14.7 Å². The average Bonchev–Trinajstić information content (AvgIpc) is 2.45. The molecule has 9 nitrogen and oxygen atoms in total. The van der Waals surface area contributed by atoms with Crippen LogP contribution in [0.25, 0.3) is 0 Å². The molecule has 4 saturated heterocycles. The lowest BCUT2D eigenvalue weighted by molar-refractivity contribution is -0.178. The van der Waals surface area contributed by atoms with E-state index in [4.69, 9.17) is 15.2 Å². The molecular formula is C14H22N4O5. The Balaban J connectivity index is 1.49. The van der Waals surface area contributed by atoms with E-state index in [1.165, 1.54) is 0 Å². The molecule has 4 fully saturated rings. The summed E-state index contributed by atoms with van der Waals surface area (Å²) in [4.78, 5) is 24.2. The zero-order valence-electron chi connectivity index (χ0n) is 12.6. The first-order valence-electron chi connectivity index (χ1n) is 8.05. The van der Waals surface area contributed by atoms with Crippen LogP contribution in [0.3, 0.4) is 0 Å². The molecule has 0 spiro atoms. The predicted octanol–water partition coefficient (Wildman–Crippen LogP) is -2.59. The molecule has 6 N–H and O–H groups in total. The Morgan fingerprint density at radius 3 is 2.74 bits per heavy atom. The number of rotatable bonds is 2. The molecule has 0 aromatic heterocycles. The van der Waals surface area contributed by atoms with Gasteiger partial charge in [-0.15, -0.1) is 0 Å². The third kappa shape index (κ3) is 2.57. The highest BCUT2D eigenvalue weighted by Crippen LogP contribution is 2.33. The highest BCUT2D eigenvalue weighted by Gasteiger charge is 2.52. The molecular weight excluding hydrogens is 304 g/mol. The number of fused-ring (bicyclic) bond motifs is 2. The minimum atomic E-state index is -0.985. The van der Waals surface area contributed by atoms with E-state index in [1.54, 1.807) is 0 Å². The van der Waals surface area contributed by atoms with E-state index in [1.807, 2.05) is 0 Å². The van der Waals surface area contributed by atoms with Crippen molar-refractivity contribution < 1.29 is 24.2 Å². The van der Waals surface area contributed by atoms with Crippen LogP contribution in [0.1, 0.15) is 6.42 Å². The van der Waals surface area contributed by atoms with Gasteiger partial charge in [-0.1, -0.05) is 0 Å². The van der Waals surface area contributed by atoms with E-state index in [0.717, 1.165) is 0 Å². The number of piperidine rings is 1. The number of carboxylic acids is 1. The summed E-state index contributed by atoms with van der Waals surface area (Å²) in [5.74, 6) is -1.88. The normalized spacial score (nSPS) is 47.3. The topological polar surface area (TPSA) is 135 Å². The van der Waals surface area contributed by atoms with Crippen molar-refractivity contribution in [3.8, 4) is 0 Å². The molecule has 9 heteroatoms. The van der Waals surface area contributed by atoms with Crippen LogP contribution < -0.4 is 21.7 Å². The molecule has 0 aliphatic carbocycles. The fraction of sp³-hybridized carbons (Fsp3) is 0.857. The summed E-state index contributed by atoms with van der Waals surface area (Å²) in [6, 6.07) is -0.409. The van der Waals surface area contributed by atoms with Gasteiger partial charge in [0.15, 0.2) is 5.78 Å². The van der Waals surface area contributed by atoms with Crippen LogP contribution in [-0.4, -0.2) is 67.3 Å². The van der Waals surface area contributed by atoms with Crippen LogP contribution in [0, 0.1) is 17.8 Å². The van der Waals surface area contributed by atoms with Gasteiger partial charge in [-0.3, -0.25) is 25.5 Å². The number of nitrogens with two attached hydrogens (primary N) is 1. The van der Waals surface area contributed by atoms with Crippen molar-refractivity contribution in [3.63, 3.8) is 0 Å². The third-order valence-corrected chi connectivity index (χ3v) is 5.38. The number of hydrogen-bond donors (Lipinski definition) is 5. The standard InChI is InChI=1S/C14H22N4O5/c15-11-7(14(20)21)1-6-10(19)9-8(23-13(6)18-11)2-16-12(17-9)5-3-22-4-5/h5-9,11-13,16-18H,1-4,15H2,(H,20,21). The maximum atomic E-state index is 12.9. The number of Topliss-reactive ketones (excluding diaryl/α,β-unsaturated/α-hetero) is 1. The summed E-state index contributed by atoms with van der Waals surface area (Å²) in [5.41, 5.74) is 5.86. The number of ether oxygens (including phenoxy) is 2. The number of nitrogens with one attached hydrogen (secondary N) is 3. The van der Waals surface area contributed by atoms with Gasteiger partial charge in [-0.25, -0.2) is 0 Å². The second kappa shape index (κ2) is 5.76. The zero-order valence-corrected chi connectivity index (χ0v) is 12.6. The Labute approximate surface area is 133 Å². The number of carbonyl (C=O) groups is 2. The quantitative estimate of drug-likeness (QED) is 0.370. The van der Waals surface area contributed by atoms with Crippen molar-refractivity contribution in [3.05, 3.63) is 0 Å². The highest BCUT2D eigenvalue weighted by atomic mass is 16.5. The Kier molecular flexibility index (Phi) is 3.87. The largest absolute Gasteiger partial charge is 0.481 e. The van der Waals surface area contributed by atoms with E-state index < -0.39 is 36.2 Å². The van der Waals surface area contributed by atoms with E-state index in [2.05, 4.69) is 16.0 Å². The minimum absolute atomic E-state index is 0.0173. The molecule has 0 aromatic rings. The van der Waals surface area contributed by atoms with Crippen LogP contribution in [-0.2, 0) is 19.1 Å². The van der Waals surface area contributed by atoms with Crippen LogP contribution in [0.2, 0.25) is 0 Å². The first-order chi connectivity index (χ1) is 11.0. The lowest BCUT2D eigenvalue weighted by atomic mass is 9.78. The molecule has 4 aliphatic rings. The Morgan fingerprint density at radius 1 is 1.30 bits per heavy atom. The Bertz CT molecular complexity index is 513. The number of hydrogen-bond acceptors (Lipinski definition) is 8. The fourth-order valence-electron chi connectivity index (χ4n) is 3.90. The second-order valence-electron chi connectivity index (χ2n) is 6.80. The number of aliphatic carboxylic acids is 1. The van der Waals surface area contributed by atoms with Gasteiger partial charge >= 0.3 is 5.97 Å². The SMILES string of the molecule is NC1NC2OC3CNC(C4COC4)NC3C(=O)C2CC1C(=O)O. The molecule has 0 radical (unpaired) electrons. The maximum absolute atomic E-state index is 12.9. The second-order valence-corrected chi connectivity index (χ2v) is 6.80. The Hall–Kier alpha value is -1.10. The van der Waals surface area contributed by atoms with Gasteiger partial charge < -0.3 is 20.3 Å². The summed E-state index contributed by atoms with van der Waals surface area (Å²) in [6.07, 6.45) is -1.25. The van der Waals surface area contributed by atoms with Crippen LogP contribution >= 0.6 is 0 Å². The molecule has 0 aromatic carbocycles. The average molecular weight is 326 g/mol. The van der Waals surface area contributed by atoms with Gasteiger partial charge in [0, 0.05) is 12.5 Å².